The summed E-state index contributed by atoms with van der Waals surface area (Å²) in [7, 11) is 1.65. The van der Waals surface area contributed by atoms with Gasteiger partial charge >= 0.3 is 0 Å². The molecule has 1 heterocycles. The second kappa shape index (κ2) is 5.51. The van der Waals surface area contributed by atoms with Gasteiger partial charge in [0.1, 0.15) is 5.75 Å². The molecule has 2 aromatic rings. The summed E-state index contributed by atoms with van der Waals surface area (Å²) in [6.07, 6.45) is 3.48. The van der Waals surface area contributed by atoms with Gasteiger partial charge in [0.15, 0.2) is 0 Å². The van der Waals surface area contributed by atoms with E-state index in [0.717, 1.165) is 26.1 Å². The third kappa shape index (κ3) is 2.98. The molecule has 0 aliphatic heterocycles. The molecule has 1 aromatic carbocycles. The maximum absolute atomic E-state index is 5.30. The lowest BCUT2D eigenvalue weighted by atomic mass is 10.2. The van der Waals surface area contributed by atoms with Crippen molar-refractivity contribution in [1.82, 2.24) is 4.98 Å². The fourth-order valence-electron chi connectivity index (χ4n) is 1.40. The molecule has 0 unspecified atom stereocenters. The number of anilines is 2. The topological polar surface area (TPSA) is 34.1 Å². The minimum absolute atomic E-state index is 0.789. The average Bonchev–Trinajstić information content (AvgIpc) is 2.32. The predicted octanol–water partition coefficient (Wildman–Crippen LogP) is 4.36. The lowest BCUT2D eigenvalue weighted by Gasteiger charge is -2.12. The van der Waals surface area contributed by atoms with E-state index in [9.17, 15) is 0 Å². The predicted molar refractivity (Wildman–Crippen MR) is 75.9 cm³/mol. The van der Waals surface area contributed by atoms with Crippen molar-refractivity contribution in [2.75, 3.05) is 12.4 Å². The Hall–Kier alpha value is -1.07. The van der Waals surface area contributed by atoms with E-state index in [2.05, 4.69) is 42.2 Å². The number of nitrogens with zero attached hydrogens (tertiary/aromatic N) is 1. The molecule has 0 spiro atoms. The molecule has 0 fully saturated rings. The molecule has 0 aliphatic rings. The van der Waals surface area contributed by atoms with E-state index in [1.54, 1.807) is 19.5 Å². The Labute approximate surface area is 116 Å². The van der Waals surface area contributed by atoms with Crippen LogP contribution in [-0.4, -0.2) is 12.1 Å². The van der Waals surface area contributed by atoms with Crippen molar-refractivity contribution in [3.8, 4) is 5.75 Å². The Morgan fingerprint density at radius 1 is 1.18 bits per heavy atom. The standard InChI is InChI=1S/C12H10Br2N2O/c1-17-12-3-2-8(13)6-11(12)16-10-4-5-15-7-9(10)14/h2-7H,1H3,(H,15,16). The van der Waals surface area contributed by atoms with E-state index in [1.165, 1.54) is 0 Å². The minimum Gasteiger partial charge on any atom is -0.495 e. The summed E-state index contributed by atoms with van der Waals surface area (Å²) < 4.78 is 7.19. The fraction of sp³-hybridized carbons (Fsp3) is 0.0833. The van der Waals surface area contributed by atoms with Crippen molar-refractivity contribution >= 4 is 43.2 Å². The van der Waals surface area contributed by atoms with E-state index in [-0.39, 0.29) is 0 Å². The van der Waals surface area contributed by atoms with Crippen LogP contribution in [-0.2, 0) is 0 Å². The Morgan fingerprint density at radius 2 is 2.00 bits per heavy atom. The van der Waals surface area contributed by atoms with Crippen molar-refractivity contribution in [3.63, 3.8) is 0 Å². The second-order valence-corrected chi connectivity index (χ2v) is 5.10. The second-order valence-electron chi connectivity index (χ2n) is 3.33. The lowest BCUT2D eigenvalue weighted by molar-refractivity contribution is 0.417. The molecule has 5 heteroatoms. The molecule has 1 N–H and O–H groups in total. The average molecular weight is 358 g/mol. The molecule has 0 amide bonds. The van der Waals surface area contributed by atoms with Crippen LogP contribution in [0.4, 0.5) is 11.4 Å². The zero-order chi connectivity index (χ0) is 12.3. The number of halogens is 2. The molecule has 2 rings (SSSR count). The van der Waals surface area contributed by atoms with E-state index in [1.807, 2.05) is 24.3 Å². The Bertz CT molecular complexity index is 532. The molecule has 17 heavy (non-hydrogen) atoms. The van der Waals surface area contributed by atoms with Gasteiger partial charge in [-0.15, -0.1) is 0 Å². The van der Waals surface area contributed by atoms with Crippen LogP contribution in [0.15, 0.2) is 45.6 Å². The quantitative estimate of drug-likeness (QED) is 0.886. The Kier molecular flexibility index (Phi) is 4.02. The molecule has 3 nitrogen and oxygen atoms in total. The van der Waals surface area contributed by atoms with Crippen LogP contribution in [0, 0.1) is 0 Å². The first kappa shape index (κ1) is 12.4. The highest BCUT2D eigenvalue weighted by Gasteiger charge is 2.06. The zero-order valence-electron chi connectivity index (χ0n) is 9.08. The number of nitrogens with one attached hydrogen (secondary N) is 1. The third-order valence-corrected chi connectivity index (χ3v) is 3.33. The number of rotatable bonds is 3. The first-order valence-corrected chi connectivity index (χ1v) is 6.49. The van der Waals surface area contributed by atoms with Crippen LogP contribution in [0.2, 0.25) is 0 Å². The first-order valence-electron chi connectivity index (χ1n) is 4.91. The van der Waals surface area contributed by atoms with Crippen molar-refractivity contribution in [2.24, 2.45) is 0 Å². The SMILES string of the molecule is COc1ccc(Br)cc1Nc1ccncc1Br. The van der Waals surface area contributed by atoms with Crippen LogP contribution >= 0.6 is 31.9 Å². The van der Waals surface area contributed by atoms with E-state index < -0.39 is 0 Å². The summed E-state index contributed by atoms with van der Waals surface area (Å²) in [6.45, 7) is 0. The van der Waals surface area contributed by atoms with Gasteiger partial charge in [-0.2, -0.15) is 0 Å². The number of methoxy groups -OCH3 is 1. The van der Waals surface area contributed by atoms with Gasteiger partial charge in [0.25, 0.3) is 0 Å². The van der Waals surface area contributed by atoms with Gasteiger partial charge in [-0.3, -0.25) is 4.98 Å². The number of hydrogen-bond acceptors (Lipinski definition) is 3. The molecule has 0 bridgehead atoms. The first-order chi connectivity index (χ1) is 8.20. The smallest absolute Gasteiger partial charge is 0.142 e. The van der Waals surface area contributed by atoms with Crippen molar-refractivity contribution in [2.45, 2.75) is 0 Å². The molecule has 0 saturated carbocycles. The maximum atomic E-state index is 5.30. The van der Waals surface area contributed by atoms with Gasteiger partial charge in [0.2, 0.25) is 0 Å². The number of pyridine rings is 1. The van der Waals surface area contributed by atoms with Crippen molar-refractivity contribution in [1.29, 1.82) is 0 Å². The number of ether oxygens (including phenoxy) is 1. The van der Waals surface area contributed by atoms with Crippen LogP contribution in [0.25, 0.3) is 0 Å². The summed E-state index contributed by atoms with van der Waals surface area (Å²) in [5, 5.41) is 3.29. The lowest BCUT2D eigenvalue weighted by Crippen LogP contribution is -1.95. The van der Waals surface area contributed by atoms with Crippen molar-refractivity contribution in [3.05, 3.63) is 45.6 Å². The molecule has 0 saturated heterocycles. The maximum Gasteiger partial charge on any atom is 0.142 e. The van der Waals surface area contributed by atoms with Gasteiger partial charge in [0.05, 0.1) is 23.0 Å². The van der Waals surface area contributed by atoms with Crippen LogP contribution in [0.3, 0.4) is 0 Å². The molecule has 0 aliphatic carbocycles. The summed E-state index contributed by atoms with van der Waals surface area (Å²) in [6, 6.07) is 7.70. The molecular formula is C12H10Br2N2O. The Morgan fingerprint density at radius 3 is 2.71 bits per heavy atom. The molecule has 1 aromatic heterocycles. The van der Waals surface area contributed by atoms with Gasteiger partial charge in [0, 0.05) is 16.9 Å². The number of benzene rings is 1. The van der Waals surface area contributed by atoms with Crippen LogP contribution in [0.5, 0.6) is 5.75 Å². The monoisotopic (exact) mass is 356 g/mol. The normalized spacial score (nSPS) is 10.1. The molecule has 0 atom stereocenters. The molecular weight excluding hydrogens is 348 g/mol. The van der Waals surface area contributed by atoms with E-state index in [4.69, 9.17) is 4.74 Å². The highest BCUT2D eigenvalue weighted by Crippen LogP contribution is 2.32. The highest BCUT2D eigenvalue weighted by atomic mass is 79.9. The van der Waals surface area contributed by atoms with E-state index in [0.29, 0.717) is 0 Å². The van der Waals surface area contributed by atoms with Gasteiger partial charge in [-0.25, -0.2) is 0 Å². The Balaban J connectivity index is 2.35. The largest absolute Gasteiger partial charge is 0.495 e. The van der Waals surface area contributed by atoms with Crippen molar-refractivity contribution < 1.29 is 4.74 Å². The summed E-state index contributed by atoms with van der Waals surface area (Å²) in [5.41, 5.74) is 1.84. The van der Waals surface area contributed by atoms with Crippen LogP contribution in [0.1, 0.15) is 0 Å². The van der Waals surface area contributed by atoms with Gasteiger partial charge < -0.3 is 10.1 Å². The number of aromatic nitrogens is 1. The molecule has 0 radical (unpaired) electrons. The molecule has 88 valence electrons. The van der Waals surface area contributed by atoms with Gasteiger partial charge in [-0.1, -0.05) is 15.9 Å². The summed E-state index contributed by atoms with van der Waals surface area (Å²) in [4.78, 5) is 4.02. The number of hydrogen-bond donors (Lipinski definition) is 1. The van der Waals surface area contributed by atoms with Gasteiger partial charge in [-0.05, 0) is 40.2 Å². The highest BCUT2D eigenvalue weighted by molar-refractivity contribution is 9.10. The fourth-order valence-corrected chi connectivity index (χ4v) is 2.11. The minimum atomic E-state index is 0.789. The zero-order valence-corrected chi connectivity index (χ0v) is 12.2. The summed E-state index contributed by atoms with van der Waals surface area (Å²) in [5.74, 6) is 0.789. The third-order valence-electron chi connectivity index (χ3n) is 2.20. The van der Waals surface area contributed by atoms with Crippen LogP contribution < -0.4 is 10.1 Å². The summed E-state index contributed by atoms with van der Waals surface area (Å²) >= 11 is 6.88. The van der Waals surface area contributed by atoms with E-state index >= 15 is 0 Å².